The van der Waals surface area contributed by atoms with Gasteiger partial charge >= 0.3 is 0 Å². The van der Waals surface area contributed by atoms with Crippen molar-refractivity contribution in [3.8, 4) is 22.4 Å². The molecule has 4 nitrogen and oxygen atoms in total. The van der Waals surface area contributed by atoms with Crippen LogP contribution in [0.2, 0.25) is 10.0 Å². The summed E-state index contributed by atoms with van der Waals surface area (Å²) in [7, 11) is 0. The molecule has 0 fully saturated rings. The number of carbonyl (C=O) groups is 1. The van der Waals surface area contributed by atoms with Crippen molar-refractivity contribution in [2.75, 3.05) is 6.54 Å². The molecule has 1 amide bonds. The highest BCUT2D eigenvalue weighted by atomic mass is 35.5. The molecule has 4 aromatic carbocycles. The molecule has 2 heterocycles. The third kappa shape index (κ3) is 7.51. The molecule has 0 bridgehead atoms. The zero-order valence-electron chi connectivity index (χ0n) is 26.6. The average molecular weight is 730 g/mol. The van der Waals surface area contributed by atoms with Gasteiger partial charge in [0, 0.05) is 54.4 Å². The summed E-state index contributed by atoms with van der Waals surface area (Å²) in [6.45, 7) is 4.28. The van der Waals surface area contributed by atoms with E-state index in [1.807, 2.05) is 0 Å². The number of hydrogen-bond acceptors (Lipinski definition) is 2. The van der Waals surface area contributed by atoms with E-state index < -0.39 is 34.9 Å². The molecule has 12 heteroatoms. The van der Waals surface area contributed by atoms with Crippen LogP contribution in [0.3, 0.4) is 0 Å². The highest BCUT2D eigenvalue weighted by Gasteiger charge is 2.29. The highest BCUT2D eigenvalue weighted by molar-refractivity contribution is 6.33. The van der Waals surface area contributed by atoms with E-state index in [9.17, 15) is 35.9 Å². The second-order valence-corrected chi connectivity index (χ2v) is 11.9. The monoisotopic (exact) mass is 728 g/mol. The summed E-state index contributed by atoms with van der Waals surface area (Å²) in [5, 5.41) is -0.438. The van der Waals surface area contributed by atoms with E-state index in [1.54, 1.807) is 13.8 Å². The number of rotatable bonds is 6. The number of hydrogen-bond donors (Lipinski definition) is 0. The summed E-state index contributed by atoms with van der Waals surface area (Å²) in [5.74, 6) is -4.22. The minimum Gasteiger partial charge on any atom is -0.312 e. The smallest absolute Gasteiger partial charge is 0.251 e. The third-order valence-electron chi connectivity index (χ3n) is 8.10. The van der Waals surface area contributed by atoms with E-state index in [0.717, 1.165) is 18.2 Å². The predicted octanol–water partition coefficient (Wildman–Crippen LogP) is 10.5. The molecule has 0 radical (unpaired) electrons. The Kier molecular flexibility index (Phi) is 11.2. The maximum atomic E-state index is 13.9. The van der Waals surface area contributed by atoms with Crippen LogP contribution in [0.4, 0.5) is 26.3 Å². The van der Waals surface area contributed by atoms with E-state index in [4.69, 9.17) is 23.2 Å². The second-order valence-electron chi connectivity index (χ2n) is 11.2. The number of allylic oxidation sites excluding steroid dienone is 1. The van der Waals surface area contributed by atoms with Crippen LogP contribution >= 0.6 is 23.2 Å². The van der Waals surface area contributed by atoms with Gasteiger partial charge in [-0.2, -0.15) is 0 Å². The van der Waals surface area contributed by atoms with Gasteiger partial charge in [-0.15, -0.1) is 0 Å². The van der Waals surface area contributed by atoms with Gasteiger partial charge in [0.2, 0.25) is 5.91 Å². The lowest BCUT2D eigenvalue weighted by Crippen LogP contribution is -2.33. The molecule has 0 atom stereocenters. The van der Waals surface area contributed by atoms with Crippen molar-refractivity contribution in [1.82, 2.24) is 9.47 Å². The quantitative estimate of drug-likeness (QED) is 0.129. The Bertz CT molecular complexity index is 2170. The molecule has 0 saturated heterocycles. The molecule has 258 valence electrons. The van der Waals surface area contributed by atoms with Crippen LogP contribution in [0.1, 0.15) is 37.8 Å². The van der Waals surface area contributed by atoms with Gasteiger partial charge in [-0.25, -0.2) is 26.3 Å². The van der Waals surface area contributed by atoms with Gasteiger partial charge in [0.05, 0.1) is 21.4 Å². The Balaban J connectivity index is 0.000000194. The maximum absolute atomic E-state index is 13.9. The molecule has 0 aliphatic carbocycles. The lowest BCUT2D eigenvalue weighted by atomic mass is 9.91. The van der Waals surface area contributed by atoms with Crippen molar-refractivity contribution in [1.29, 1.82) is 0 Å². The van der Waals surface area contributed by atoms with Crippen molar-refractivity contribution in [3.05, 3.63) is 151 Å². The molecule has 1 aromatic heterocycles. The Morgan fingerprint density at radius 2 is 1.10 bits per heavy atom. The molecular weight excluding hydrogens is 701 g/mol. The normalized spacial score (nSPS) is 13.0. The lowest BCUT2D eigenvalue weighted by Gasteiger charge is -2.32. The van der Waals surface area contributed by atoms with Gasteiger partial charge in [0.1, 0.15) is 34.9 Å². The van der Waals surface area contributed by atoms with Gasteiger partial charge in [-0.1, -0.05) is 23.2 Å². The second kappa shape index (κ2) is 15.4. The molecule has 0 unspecified atom stereocenters. The number of nitrogens with zero attached hydrogens (tertiary/aromatic N) is 2. The fraction of sp³-hybridized carbons (Fsp3) is 0.158. The molecule has 0 saturated carbocycles. The average Bonchev–Trinajstić information content (AvgIpc) is 3.09. The van der Waals surface area contributed by atoms with Gasteiger partial charge < -0.3 is 9.47 Å². The van der Waals surface area contributed by atoms with Gasteiger partial charge in [-0.05, 0) is 104 Å². The molecule has 50 heavy (non-hydrogen) atoms. The molecular formula is C38H28Cl2F6N2O2. The van der Waals surface area contributed by atoms with Gasteiger partial charge in [-0.3, -0.25) is 9.59 Å². The van der Waals surface area contributed by atoms with Crippen molar-refractivity contribution in [2.24, 2.45) is 0 Å². The van der Waals surface area contributed by atoms with E-state index >= 15 is 0 Å². The molecule has 1 aliphatic heterocycles. The van der Waals surface area contributed by atoms with E-state index in [1.165, 1.54) is 70.1 Å². The summed E-state index contributed by atoms with van der Waals surface area (Å²) in [6, 6.07) is 17.6. The molecule has 1 aliphatic rings. The Morgan fingerprint density at radius 3 is 1.64 bits per heavy atom. The SMILES string of the molecule is CCN1C(=O)CCC(c2cc(F)cc(F)c2Cl)=C1c1ccc(F)cc1.CCn1c(-c2ccc(F)cc2)c(-c2cc(F)cc(F)c2Cl)ccc1=O. The Hall–Kier alpha value is -4.80. The van der Waals surface area contributed by atoms with Crippen LogP contribution in [-0.4, -0.2) is 21.9 Å². The number of carbonyl (C=O) groups excluding carboxylic acids is 1. The van der Waals surface area contributed by atoms with Crippen LogP contribution in [0, 0.1) is 34.9 Å². The van der Waals surface area contributed by atoms with Gasteiger partial charge in [0.15, 0.2) is 0 Å². The number of halogens is 8. The first kappa shape index (κ1) is 36.5. The van der Waals surface area contributed by atoms with E-state index in [0.29, 0.717) is 59.2 Å². The number of pyridine rings is 1. The van der Waals surface area contributed by atoms with Crippen LogP contribution in [0.5, 0.6) is 0 Å². The van der Waals surface area contributed by atoms with E-state index in [-0.39, 0.29) is 39.1 Å². The zero-order chi connectivity index (χ0) is 36.3. The first-order chi connectivity index (χ1) is 23.8. The first-order valence-corrected chi connectivity index (χ1v) is 16.2. The predicted molar refractivity (Wildman–Crippen MR) is 183 cm³/mol. The van der Waals surface area contributed by atoms with Crippen molar-refractivity contribution in [3.63, 3.8) is 0 Å². The zero-order valence-corrected chi connectivity index (χ0v) is 28.2. The lowest BCUT2D eigenvalue weighted by molar-refractivity contribution is -0.128. The Labute approximate surface area is 293 Å². The molecule has 5 aromatic rings. The number of aromatic nitrogens is 1. The first-order valence-electron chi connectivity index (χ1n) is 15.4. The van der Waals surface area contributed by atoms with Crippen LogP contribution in [-0.2, 0) is 11.3 Å². The standard InChI is InChI=1S/C19H15ClF3NO.C19H13ClF3NO/c2*1-2-24-17(25)8-7-14(15-9-13(22)10-16(23)18(15)20)19(24)11-3-5-12(21)6-4-11/h3-6,9-10H,2,7-8H2,1H3;3-10H,2H2,1H3. The van der Waals surface area contributed by atoms with Crippen LogP contribution in [0.25, 0.3) is 33.7 Å². The topological polar surface area (TPSA) is 42.3 Å². The van der Waals surface area contributed by atoms with Crippen molar-refractivity contribution in [2.45, 2.75) is 33.2 Å². The summed E-state index contributed by atoms with van der Waals surface area (Å²) in [5.41, 5.74) is 3.06. The minimum absolute atomic E-state index is 0.0985. The summed E-state index contributed by atoms with van der Waals surface area (Å²) in [6.07, 6.45) is 0.507. The maximum Gasteiger partial charge on any atom is 0.251 e. The molecule has 0 spiro atoms. The van der Waals surface area contributed by atoms with Crippen LogP contribution < -0.4 is 5.56 Å². The largest absolute Gasteiger partial charge is 0.312 e. The summed E-state index contributed by atoms with van der Waals surface area (Å²) >= 11 is 12.1. The van der Waals surface area contributed by atoms with Gasteiger partial charge in [0.25, 0.3) is 5.56 Å². The third-order valence-corrected chi connectivity index (χ3v) is 8.87. The number of amides is 1. The van der Waals surface area contributed by atoms with E-state index in [2.05, 4.69) is 0 Å². The highest BCUT2D eigenvalue weighted by Crippen LogP contribution is 2.41. The fourth-order valence-electron chi connectivity index (χ4n) is 5.86. The summed E-state index contributed by atoms with van der Waals surface area (Å²) in [4.78, 5) is 26.1. The Morgan fingerprint density at radius 1 is 0.580 bits per heavy atom. The molecule has 0 N–H and O–H groups in total. The minimum atomic E-state index is -0.893. The number of benzene rings is 4. The van der Waals surface area contributed by atoms with Crippen LogP contribution in [0.15, 0.2) is 89.7 Å². The summed E-state index contributed by atoms with van der Waals surface area (Å²) < 4.78 is 83.3. The van der Waals surface area contributed by atoms with Crippen molar-refractivity contribution >= 4 is 40.4 Å². The van der Waals surface area contributed by atoms with Crippen molar-refractivity contribution < 1.29 is 31.1 Å². The molecule has 6 rings (SSSR count). The fourth-order valence-corrected chi connectivity index (χ4v) is 6.30.